The lowest BCUT2D eigenvalue weighted by Crippen LogP contribution is -2.02. The maximum Gasteiger partial charge on any atom is 0.330 e. The topological polar surface area (TPSA) is 93.1 Å². The maximum atomic E-state index is 11.7. The Bertz CT molecular complexity index is 924. The second-order valence-corrected chi connectivity index (χ2v) is 10.1. The Balaban J connectivity index is 1.28. The van der Waals surface area contributed by atoms with E-state index in [9.17, 15) is 19.8 Å². The first-order chi connectivity index (χ1) is 19.5. The van der Waals surface area contributed by atoms with E-state index in [1.807, 2.05) is 0 Å². The number of esters is 2. The van der Waals surface area contributed by atoms with Gasteiger partial charge in [-0.25, -0.2) is 9.59 Å². The minimum atomic E-state index is -0.328. The highest BCUT2D eigenvalue weighted by Gasteiger charge is 2.00. The highest BCUT2D eigenvalue weighted by atomic mass is 16.5. The molecule has 0 amide bonds. The van der Waals surface area contributed by atoms with Crippen LogP contribution < -0.4 is 0 Å². The van der Waals surface area contributed by atoms with E-state index in [0.29, 0.717) is 13.2 Å². The summed E-state index contributed by atoms with van der Waals surface area (Å²) in [5.41, 5.74) is 1.69. The number of phenols is 2. The van der Waals surface area contributed by atoms with Crippen LogP contribution in [0.5, 0.6) is 11.5 Å². The predicted octanol–water partition coefficient (Wildman–Crippen LogP) is 8.37. The first kappa shape index (κ1) is 32.7. The first-order valence-corrected chi connectivity index (χ1v) is 14.8. The fraction of sp³-hybridized carbons (Fsp3) is 0.471. The third kappa shape index (κ3) is 17.1. The number of hydrogen-bond donors (Lipinski definition) is 2. The lowest BCUT2D eigenvalue weighted by molar-refractivity contribution is -0.138. The van der Waals surface area contributed by atoms with E-state index in [4.69, 9.17) is 9.47 Å². The Morgan fingerprint density at radius 1 is 0.475 bits per heavy atom. The van der Waals surface area contributed by atoms with E-state index in [1.54, 1.807) is 60.7 Å². The summed E-state index contributed by atoms with van der Waals surface area (Å²) in [6, 6.07) is 13.3. The SMILES string of the molecule is O=C(C=Cc1ccc(O)cc1)OCCCCCCCCCCCCCCCCOC(=O)C=Cc1ccc(O)cc1. The minimum Gasteiger partial charge on any atom is -0.508 e. The van der Waals surface area contributed by atoms with E-state index < -0.39 is 0 Å². The molecule has 0 heterocycles. The Kier molecular flexibility index (Phi) is 17.4. The molecule has 0 saturated carbocycles. The van der Waals surface area contributed by atoms with Gasteiger partial charge in [0.25, 0.3) is 0 Å². The third-order valence-corrected chi connectivity index (χ3v) is 6.64. The van der Waals surface area contributed by atoms with Crippen molar-refractivity contribution in [2.45, 2.75) is 89.9 Å². The second-order valence-electron chi connectivity index (χ2n) is 10.1. The molecule has 0 aliphatic heterocycles. The summed E-state index contributed by atoms with van der Waals surface area (Å²) in [7, 11) is 0. The van der Waals surface area contributed by atoms with Gasteiger partial charge in [0, 0.05) is 12.2 Å². The van der Waals surface area contributed by atoms with Crippen molar-refractivity contribution in [2.24, 2.45) is 0 Å². The van der Waals surface area contributed by atoms with Crippen LogP contribution in [0.3, 0.4) is 0 Å². The third-order valence-electron chi connectivity index (χ3n) is 6.64. The lowest BCUT2D eigenvalue weighted by atomic mass is 10.0. The molecule has 6 heteroatoms. The standard InChI is InChI=1S/C34H46O6/c35-31-21-15-29(16-22-31)19-25-33(37)39-27-13-11-9-7-5-3-1-2-4-6-8-10-12-14-28-40-34(38)26-20-30-17-23-32(36)24-18-30/h15-26,35-36H,1-14,27-28H2. The summed E-state index contributed by atoms with van der Waals surface area (Å²) in [5, 5.41) is 18.5. The van der Waals surface area contributed by atoms with Gasteiger partial charge in [-0.3, -0.25) is 0 Å². The molecule has 2 aromatic carbocycles. The second kappa shape index (κ2) is 21.3. The number of unbranched alkanes of at least 4 members (excludes halogenated alkanes) is 13. The summed E-state index contributed by atoms with van der Waals surface area (Å²) in [6.45, 7) is 0.923. The van der Waals surface area contributed by atoms with Crippen molar-refractivity contribution in [2.75, 3.05) is 13.2 Å². The van der Waals surface area contributed by atoms with Gasteiger partial charge >= 0.3 is 11.9 Å². The number of rotatable bonds is 21. The van der Waals surface area contributed by atoms with Gasteiger partial charge in [0.1, 0.15) is 11.5 Å². The fourth-order valence-electron chi connectivity index (χ4n) is 4.27. The molecule has 6 nitrogen and oxygen atoms in total. The highest BCUT2D eigenvalue weighted by molar-refractivity contribution is 5.87. The molecule has 40 heavy (non-hydrogen) atoms. The number of hydrogen-bond acceptors (Lipinski definition) is 6. The Hall–Kier alpha value is -3.54. The van der Waals surface area contributed by atoms with Crippen LogP contribution in [-0.2, 0) is 19.1 Å². The van der Waals surface area contributed by atoms with E-state index in [0.717, 1.165) is 36.8 Å². The smallest absolute Gasteiger partial charge is 0.330 e. The Morgan fingerprint density at radius 3 is 1.05 bits per heavy atom. The highest BCUT2D eigenvalue weighted by Crippen LogP contribution is 2.14. The summed E-state index contributed by atoms with van der Waals surface area (Å²) < 4.78 is 10.5. The zero-order valence-electron chi connectivity index (χ0n) is 23.8. The summed E-state index contributed by atoms with van der Waals surface area (Å²) in [6.07, 6.45) is 22.8. The largest absolute Gasteiger partial charge is 0.508 e. The van der Waals surface area contributed by atoms with Crippen LogP contribution in [0.1, 0.15) is 101 Å². The number of carbonyl (C=O) groups excluding carboxylic acids is 2. The summed E-state index contributed by atoms with van der Waals surface area (Å²) >= 11 is 0. The van der Waals surface area contributed by atoms with Gasteiger partial charge < -0.3 is 19.7 Å². The molecule has 0 fully saturated rings. The molecule has 2 rings (SSSR count). The molecule has 0 unspecified atom stereocenters. The van der Waals surface area contributed by atoms with Crippen LogP contribution in [0.4, 0.5) is 0 Å². The van der Waals surface area contributed by atoms with E-state index in [1.165, 1.54) is 76.4 Å². The molecule has 0 spiro atoms. The quantitative estimate of drug-likeness (QED) is 0.0921. The molecule has 0 atom stereocenters. The predicted molar refractivity (Wildman–Crippen MR) is 161 cm³/mol. The molecular formula is C34H46O6. The average molecular weight is 551 g/mol. The van der Waals surface area contributed by atoms with Gasteiger partial charge in [0.15, 0.2) is 0 Å². The van der Waals surface area contributed by atoms with Crippen molar-refractivity contribution in [1.29, 1.82) is 0 Å². The van der Waals surface area contributed by atoms with Gasteiger partial charge in [-0.15, -0.1) is 0 Å². The van der Waals surface area contributed by atoms with Crippen molar-refractivity contribution >= 4 is 24.1 Å². The summed E-state index contributed by atoms with van der Waals surface area (Å²) in [4.78, 5) is 23.5. The van der Waals surface area contributed by atoms with Gasteiger partial charge in [0.2, 0.25) is 0 Å². The van der Waals surface area contributed by atoms with Crippen molar-refractivity contribution in [1.82, 2.24) is 0 Å². The number of carbonyl (C=O) groups is 2. The fourth-order valence-corrected chi connectivity index (χ4v) is 4.27. The van der Waals surface area contributed by atoms with E-state index >= 15 is 0 Å². The van der Waals surface area contributed by atoms with Crippen LogP contribution in [0.2, 0.25) is 0 Å². The summed E-state index contributed by atoms with van der Waals surface area (Å²) in [5.74, 6) is -0.248. The van der Waals surface area contributed by atoms with Crippen LogP contribution in [0.15, 0.2) is 60.7 Å². The van der Waals surface area contributed by atoms with Crippen LogP contribution in [-0.4, -0.2) is 35.4 Å². The molecule has 0 aliphatic carbocycles. The number of phenolic OH excluding ortho intramolecular Hbond substituents is 2. The Labute approximate surface area is 239 Å². The molecule has 2 aromatic rings. The van der Waals surface area contributed by atoms with Crippen molar-refractivity contribution < 1.29 is 29.3 Å². The van der Waals surface area contributed by atoms with E-state index in [2.05, 4.69) is 0 Å². The number of ether oxygens (including phenoxy) is 2. The monoisotopic (exact) mass is 550 g/mol. The molecule has 0 aliphatic rings. The zero-order valence-corrected chi connectivity index (χ0v) is 23.8. The normalized spacial score (nSPS) is 11.3. The van der Waals surface area contributed by atoms with Crippen LogP contribution in [0, 0.1) is 0 Å². The first-order valence-electron chi connectivity index (χ1n) is 14.8. The molecule has 2 N–H and O–H groups in total. The minimum absolute atomic E-state index is 0.204. The van der Waals surface area contributed by atoms with Crippen molar-refractivity contribution in [3.8, 4) is 11.5 Å². The molecule has 0 bridgehead atoms. The molecule has 0 aromatic heterocycles. The Morgan fingerprint density at radius 2 is 0.750 bits per heavy atom. The zero-order chi connectivity index (χ0) is 28.7. The van der Waals surface area contributed by atoms with Crippen LogP contribution >= 0.6 is 0 Å². The molecule has 0 radical (unpaired) electrons. The van der Waals surface area contributed by atoms with Crippen LogP contribution in [0.25, 0.3) is 12.2 Å². The molecular weight excluding hydrogens is 504 g/mol. The van der Waals surface area contributed by atoms with Crippen molar-refractivity contribution in [3.63, 3.8) is 0 Å². The van der Waals surface area contributed by atoms with Gasteiger partial charge in [-0.2, -0.15) is 0 Å². The number of aromatic hydroxyl groups is 2. The molecule has 218 valence electrons. The van der Waals surface area contributed by atoms with Gasteiger partial charge in [-0.05, 0) is 60.4 Å². The number of benzene rings is 2. The van der Waals surface area contributed by atoms with E-state index in [-0.39, 0.29) is 23.4 Å². The average Bonchev–Trinajstić information content (AvgIpc) is 2.96. The van der Waals surface area contributed by atoms with Gasteiger partial charge in [0.05, 0.1) is 13.2 Å². The molecule has 0 saturated heterocycles. The maximum absolute atomic E-state index is 11.7. The lowest BCUT2D eigenvalue weighted by Gasteiger charge is -2.04. The van der Waals surface area contributed by atoms with Gasteiger partial charge in [-0.1, -0.05) is 101 Å². The van der Waals surface area contributed by atoms with Crippen molar-refractivity contribution in [3.05, 3.63) is 71.8 Å².